The quantitative estimate of drug-likeness (QED) is 0.140. The predicted molar refractivity (Wildman–Crippen MR) is 152 cm³/mol. The summed E-state index contributed by atoms with van der Waals surface area (Å²) >= 11 is 3.99. The van der Waals surface area contributed by atoms with Crippen LogP contribution in [0.1, 0.15) is 45.1 Å². The van der Waals surface area contributed by atoms with Crippen molar-refractivity contribution in [1.29, 1.82) is 0 Å². The topological polar surface area (TPSA) is 226 Å². The molecule has 1 unspecified atom stereocenters. The number of rotatable bonds is 2. The molecule has 0 saturated carbocycles. The highest BCUT2D eigenvalue weighted by atomic mass is 32.7. The number of terminal acetylenes is 1. The summed E-state index contributed by atoms with van der Waals surface area (Å²) in [4.78, 5) is 31.1. The molecule has 0 bridgehead atoms. The first-order valence-corrected chi connectivity index (χ1v) is 15.8. The van der Waals surface area contributed by atoms with Gasteiger partial charge in [0.05, 0.1) is 19.0 Å². The van der Waals surface area contributed by atoms with E-state index in [0.29, 0.717) is 36.8 Å². The summed E-state index contributed by atoms with van der Waals surface area (Å²) in [6.45, 7) is -3.16. The average molecular weight is 636 g/mol. The maximum absolute atomic E-state index is 15.8. The van der Waals surface area contributed by atoms with Crippen LogP contribution >= 0.6 is 19.0 Å². The lowest BCUT2D eigenvalue weighted by Gasteiger charge is -2.30. The van der Waals surface area contributed by atoms with Crippen molar-refractivity contribution in [3.8, 4) is 12.3 Å². The minimum absolute atomic E-state index is 0.164. The Hall–Kier alpha value is -3.66. The molecule has 6 heterocycles. The molecule has 43 heavy (non-hydrogen) atoms. The molecule has 2 saturated heterocycles. The van der Waals surface area contributed by atoms with Crippen LogP contribution in [0.3, 0.4) is 0 Å². The van der Waals surface area contributed by atoms with Gasteiger partial charge in [0.25, 0.3) is 11.9 Å². The van der Waals surface area contributed by atoms with Crippen LogP contribution in [0, 0.1) is 18.3 Å². The van der Waals surface area contributed by atoms with Crippen molar-refractivity contribution in [2.45, 2.75) is 63.1 Å². The Morgan fingerprint density at radius 1 is 1.26 bits per heavy atom. The summed E-state index contributed by atoms with van der Waals surface area (Å²) in [6, 6.07) is 0. The Bertz CT molecular complexity index is 1830. The summed E-state index contributed by atoms with van der Waals surface area (Å²) in [5, 5.41) is 7.58. The van der Waals surface area contributed by atoms with E-state index in [4.69, 9.17) is 36.4 Å². The third kappa shape index (κ3) is 5.46. The highest BCUT2D eigenvalue weighted by molar-refractivity contribution is 8.44. The van der Waals surface area contributed by atoms with Gasteiger partial charge in [-0.25, -0.2) is 23.9 Å². The van der Waals surface area contributed by atoms with Gasteiger partial charge in [0.2, 0.25) is 12.2 Å². The summed E-state index contributed by atoms with van der Waals surface area (Å²) in [5.41, 5.74) is 10.0. The molecule has 20 heteroatoms. The standard InChI is InChI=1S/C23H27FN11O6PS/c1-3-23-8-38-42(37,43)41-16(24)21(35-19-15(32-33-35)20(36)31-22(26)30-19)39-11(2)5-4-6-12(23)7-13(40-23)34-10-29-14-17(25)27-9-28-18(14)34/h1,9-13,16,21H,4-8H2,2H3,(H,37,43)(H2,25,27,28)(H3,26,30,31,36)/t11-,12-,13+,16-,21+,23+,42?/m0/s1. The highest BCUT2D eigenvalue weighted by Crippen LogP contribution is 2.57. The molecule has 2 aliphatic rings. The molecule has 2 aliphatic heterocycles. The summed E-state index contributed by atoms with van der Waals surface area (Å²) in [6.07, 6.45) is 5.52. The SMILES string of the molecule is C#C[C@@]12COP(=O)(S)O[C@H](F)[C@H](n3nnc4c(=O)[nH]c(N)nc43)O[C@@H](C)CCC[C@H]1C[C@H](n1cnc3c(N)ncnc31)O2. The van der Waals surface area contributed by atoms with Crippen molar-refractivity contribution in [3.63, 3.8) is 0 Å². The number of aromatic nitrogens is 9. The second-order valence-corrected chi connectivity index (χ2v) is 13.1. The van der Waals surface area contributed by atoms with Crippen LogP contribution < -0.4 is 17.0 Å². The van der Waals surface area contributed by atoms with Gasteiger partial charge in [-0.2, -0.15) is 9.67 Å². The lowest BCUT2D eigenvalue weighted by molar-refractivity contribution is -0.155. The molecule has 4 aromatic heterocycles. The van der Waals surface area contributed by atoms with Gasteiger partial charge >= 0.3 is 6.80 Å². The van der Waals surface area contributed by atoms with Gasteiger partial charge in [-0.05, 0) is 26.2 Å². The lowest BCUT2D eigenvalue weighted by atomic mass is 9.84. The van der Waals surface area contributed by atoms with Gasteiger partial charge in [0.1, 0.15) is 18.1 Å². The van der Waals surface area contributed by atoms with Crippen molar-refractivity contribution in [2.24, 2.45) is 5.92 Å². The number of imidazole rings is 1. The Morgan fingerprint density at radius 2 is 2.07 bits per heavy atom. The fourth-order valence-electron chi connectivity index (χ4n) is 5.37. The predicted octanol–water partition coefficient (Wildman–Crippen LogP) is 1.88. The third-order valence-electron chi connectivity index (χ3n) is 7.46. The number of H-pyrrole nitrogens is 1. The fourth-order valence-corrected chi connectivity index (χ4v) is 6.59. The number of hydrogen-bond acceptors (Lipinski definition) is 14. The number of thiol groups is 1. The molecule has 0 aromatic carbocycles. The van der Waals surface area contributed by atoms with Gasteiger partial charge in [-0.3, -0.25) is 23.4 Å². The van der Waals surface area contributed by atoms with E-state index >= 15 is 4.39 Å². The highest BCUT2D eigenvalue weighted by Gasteiger charge is 2.50. The Balaban J connectivity index is 1.30. The van der Waals surface area contributed by atoms with Gasteiger partial charge in [0.15, 0.2) is 28.2 Å². The van der Waals surface area contributed by atoms with Gasteiger partial charge in [-0.15, -0.1) is 11.5 Å². The molecule has 0 radical (unpaired) electrons. The molecule has 4 aromatic rings. The zero-order valence-electron chi connectivity index (χ0n) is 22.6. The maximum Gasteiger partial charge on any atom is 0.388 e. The van der Waals surface area contributed by atoms with E-state index in [1.54, 1.807) is 11.5 Å². The van der Waals surface area contributed by atoms with E-state index in [-0.39, 0.29) is 28.8 Å². The van der Waals surface area contributed by atoms with Crippen molar-refractivity contribution < 1.29 is 27.5 Å². The van der Waals surface area contributed by atoms with Gasteiger partial charge in [0, 0.05) is 5.92 Å². The number of hydrogen-bond donors (Lipinski definition) is 4. The second kappa shape index (κ2) is 11.1. The molecule has 2 fully saturated rings. The minimum atomic E-state index is -4.44. The third-order valence-corrected chi connectivity index (χ3v) is 9.02. The first kappa shape index (κ1) is 29.4. The fraction of sp³-hybridized carbons (Fsp3) is 0.522. The monoisotopic (exact) mass is 635 g/mol. The summed E-state index contributed by atoms with van der Waals surface area (Å²) in [7, 11) is 0. The van der Waals surface area contributed by atoms with Crippen molar-refractivity contribution in [1.82, 2.24) is 44.5 Å². The molecule has 7 atom stereocenters. The first-order chi connectivity index (χ1) is 20.5. The van der Waals surface area contributed by atoms with Crippen LogP contribution in [-0.2, 0) is 23.1 Å². The van der Waals surface area contributed by atoms with E-state index in [1.807, 2.05) is 0 Å². The minimum Gasteiger partial charge on any atom is -0.382 e. The van der Waals surface area contributed by atoms with E-state index in [2.05, 4.69) is 53.4 Å². The number of nitrogens with two attached hydrogens (primary N) is 2. The summed E-state index contributed by atoms with van der Waals surface area (Å²) < 4.78 is 54.7. The van der Waals surface area contributed by atoms with Crippen molar-refractivity contribution in [3.05, 3.63) is 23.0 Å². The molecule has 0 amide bonds. The van der Waals surface area contributed by atoms with Crippen LogP contribution in [0.4, 0.5) is 16.2 Å². The van der Waals surface area contributed by atoms with Crippen molar-refractivity contribution in [2.75, 3.05) is 18.1 Å². The Kier molecular flexibility index (Phi) is 7.61. The second-order valence-electron chi connectivity index (χ2n) is 10.2. The van der Waals surface area contributed by atoms with Crippen LogP contribution in [0.25, 0.3) is 22.3 Å². The average Bonchev–Trinajstić information content (AvgIpc) is 3.66. The van der Waals surface area contributed by atoms with E-state index in [9.17, 15) is 9.36 Å². The number of halogens is 1. The number of fused-ring (bicyclic) bond motifs is 3. The molecule has 0 spiro atoms. The number of nitrogens with one attached hydrogen (secondary N) is 1. The largest absolute Gasteiger partial charge is 0.388 e. The molecule has 5 N–H and O–H groups in total. The molecule has 17 nitrogen and oxygen atoms in total. The number of anilines is 2. The van der Waals surface area contributed by atoms with Crippen LogP contribution in [0.5, 0.6) is 0 Å². The van der Waals surface area contributed by atoms with Crippen molar-refractivity contribution >= 4 is 53.1 Å². The Labute approximate surface area is 247 Å². The van der Waals surface area contributed by atoms with Crippen LogP contribution in [-0.4, -0.2) is 69.2 Å². The van der Waals surface area contributed by atoms with E-state index in [0.717, 1.165) is 4.68 Å². The first-order valence-electron chi connectivity index (χ1n) is 13.1. The molecule has 6 rings (SSSR count). The number of nitrogens with zero attached hydrogens (tertiary/aromatic N) is 8. The molecule has 228 valence electrons. The van der Waals surface area contributed by atoms with Gasteiger partial charge < -0.3 is 20.9 Å². The number of ether oxygens (including phenoxy) is 2. The molecule has 0 aliphatic carbocycles. The zero-order valence-corrected chi connectivity index (χ0v) is 24.4. The zero-order chi connectivity index (χ0) is 30.5. The van der Waals surface area contributed by atoms with Crippen LogP contribution in [0.15, 0.2) is 17.4 Å². The summed E-state index contributed by atoms with van der Waals surface area (Å²) in [5.74, 6) is 2.34. The number of alkyl halides is 1. The number of nitrogen functional groups attached to an aromatic ring is 2. The lowest BCUT2D eigenvalue weighted by Crippen LogP contribution is -2.39. The Morgan fingerprint density at radius 3 is 2.86 bits per heavy atom. The number of aromatic amines is 1. The normalized spacial score (nSPS) is 32.5. The van der Waals surface area contributed by atoms with Crippen LogP contribution in [0.2, 0.25) is 0 Å². The van der Waals surface area contributed by atoms with E-state index < -0.39 is 49.5 Å². The maximum atomic E-state index is 15.8. The van der Waals surface area contributed by atoms with Gasteiger partial charge in [-0.1, -0.05) is 29.8 Å². The molecular weight excluding hydrogens is 608 g/mol. The smallest absolute Gasteiger partial charge is 0.382 e. The van der Waals surface area contributed by atoms with E-state index in [1.165, 1.54) is 12.7 Å². The molecular formula is C23H27FN11O6PS.